The number of fused-ring (bicyclic) bond motifs is 1. The van der Waals surface area contributed by atoms with Gasteiger partial charge in [0.05, 0.1) is 19.7 Å². The molecule has 3 aromatic rings. The third-order valence-electron chi connectivity index (χ3n) is 5.99. The number of nitrogens with zero attached hydrogens (tertiary/aromatic N) is 4. The number of amides is 2. The van der Waals surface area contributed by atoms with Gasteiger partial charge in [0.25, 0.3) is 0 Å². The third kappa shape index (κ3) is 4.79. The zero-order valence-corrected chi connectivity index (χ0v) is 19.9. The van der Waals surface area contributed by atoms with Crippen LogP contribution < -0.4 is 19.7 Å². The third-order valence-corrected chi connectivity index (χ3v) is 5.99. The van der Waals surface area contributed by atoms with Crippen LogP contribution in [0.15, 0.2) is 42.7 Å². The molecule has 1 aliphatic heterocycles. The molecule has 1 aliphatic rings. The minimum Gasteiger partial charge on any atom is -0.493 e. The van der Waals surface area contributed by atoms with E-state index in [1.165, 1.54) is 5.56 Å². The number of piperazine rings is 1. The number of benzene rings is 2. The number of carbonyl (C=O) groups is 1. The number of hydrogen-bond acceptors (Lipinski definition) is 6. The second-order valence-corrected chi connectivity index (χ2v) is 9.15. The van der Waals surface area contributed by atoms with E-state index in [4.69, 9.17) is 9.47 Å². The lowest BCUT2D eigenvalue weighted by Crippen LogP contribution is -2.50. The highest BCUT2D eigenvalue weighted by Gasteiger charge is 2.24. The first-order valence-electron chi connectivity index (χ1n) is 11.1. The van der Waals surface area contributed by atoms with Crippen LogP contribution in [0, 0.1) is 0 Å². The van der Waals surface area contributed by atoms with Crippen molar-refractivity contribution in [3.8, 4) is 11.5 Å². The number of ether oxygens (including phenoxy) is 2. The Bertz CT molecular complexity index is 1130. The lowest BCUT2D eigenvalue weighted by Gasteiger charge is -2.35. The maximum absolute atomic E-state index is 12.8. The Hall–Kier alpha value is -3.55. The van der Waals surface area contributed by atoms with E-state index < -0.39 is 0 Å². The largest absolute Gasteiger partial charge is 0.493 e. The van der Waals surface area contributed by atoms with Gasteiger partial charge < -0.3 is 24.6 Å². The molecule has 0 aliphatic carbocycles. The second-order valence-electron chi connectivity index (χ2n) is 9.15. The molecule has 8 nitrogen and oxygen atoms in total. The first-order chi connectivity index (χ1) is 15.8. The van der Waals surface area contributed by atoms with Gasteiger partial charge in [0, 0.05) is 43.3 Å². The maximum atomic E-state index is 12.8. The molecule has 0 atom stereocenters. The Morgan fingerprint density at radius 3 is 2.18 bits per heavy atom. The normalized spacial score (nSPS) is 14.3. The number of hydrogen-bond donors (Lipinski definition) is 1. The van der Waals surface area contributed by atoms with Crippen molar-refractivity contribution in [2.45, 2.75) is 26.2 Å². The van der Waals surface area contributed by atoms with Crippen molar-refractivity contribution >= 4 is 28.4 Å². The molecule has 2 aromatic carbocycles. The van der Waals surface area contributed by atoms with Crippen LogP contribution in [0.3, 0.4) is 0 Å². The van der Waals surface area contributed by atoms with Gasteiger partial charge in [0.2, 0.25) is 0 Å². The van der Waals surface area contributed by atoms with Crippen LogP contribution >= 0.6 is 0 Å². The standard InChI is InChI=1S/C25H31N5O3/c1-25(2,3)17-6-8-18(9-7-17)28-24(31)30-12-10-29(11-13-30)23-19-14-21(32-4)22(33-5)15-20(19)26-16-27-23/h6-9,14-16H,10-13H2,1-5H3,(H,28,31). The first kappa shape index (κ1) is 22.6. The molecule has 1 aromatic heterocycles. The molecule has 0 spiro atoms. The Morgan fingerprint density at radius 2 is 1.58 bits per heavy atom. The highest BCUT2D eigenvalue weighted by molar-refractivity contribution is 5.92. The molecule has 1 saturated heterocycles. The zero-order chi connectivity index (χ0) is 23.6. The van der Waals surface area contributed by atoms with Crippen LogP contribution in [0.1, 0.15) is 26.3 Å². The summed E-state index contributed by atoms with van der Waals surface area (Å²) in [4.78, 5) is 25.7. The van der Waals surface area contributed by atoms with E-state index in [1.54, 1.807) is 20.5 Å². The van der Waals surface area contributed by atoms with Crippen molar-refractivity contribution in [3.63, 3.8) is 0 Å². The number of carbonyl (C=O) groups excluding carboxylic acids is 1. The summed E-state index contributed by atoms with van der Waals surface area (Å²) in [5, 5.41) is 3.91. The monoisotopic (exact) mass is 449 g/mol. The van der Waals surface area contributed by atoms with Crippen molar-refractivity contribution in [1.29, 1.82) is 0 Å². The van der Waals surface area contributed by atoms with Crippen LogP contribution in [0.2, 0.25) is 0 Å². The number of nitrogens with one attached hydrogen (secondary N) is 1. The number of anilines is 2. The highest BCUT2D eigenvalue weighted by atomic mass is 16.5. The quantitative estimate of drug-likeness (QED) is 0.640. The average molecular weight is 450 g/mol. The van der Waals surface area contributed by atoms with E-state index in [-0.39, 0.29) is 11.4 Å². The summed E-state index contributed by atoms with van der Waals surface area (Å²) in [6, 6.07) is 11.7. The Labute approximate surface area is 194 Å². The summed E-state index contributed by atoms with van der Waals surface area (Å²) in [6.07, 6.45) is 1.56. The summed E-state index contributed by atoms with van der Waals surface area (Å²) in [5.41, 5.74) is 2.91. The number of methoxy groups -OCH3 is 2. The Morgan fingerprint density at radius 1 is 0.939 bits per heavy atom. The fourth-order valence-electron chi connectivity index (χ4n) is 4.00. The van der Waals surface area contributed by atoms with E-state index in [2.05, 4.69) is 53.1 Å². The van der Waals surface area contributed by atoms with Gasteiger partial charge in [-0.1, -0.05) is 32.9 Å². The second kappa shape index (κ2) is 9.13. The van der Waals surface area contributed by atoms with Gasteiger partial charge in [0.15, 0.2) is 11.5 Å². The molecule has 33 heavy (non-hydrogen) atoms. The van der Waals surface area contributed by atoms with Gasteiger partial charge in [0.1, 0.15) is 12.1 Å². The first-order valence-corrected chi connectivity index (χ1v) is 11.1. The number of urea groups is 1. The summed E-state index contributed by atoms with van der Waals surface area (Å²) >= 11 is 0. The molecule has 0 saturated carbocycles. The number of aromatic nitrogens is 2. The molecular weight excluding hydrogens is 418 g/mol. The molecule has 0 bridgehead atoms. The fraction of sp³-hybridized carbons (Fsp3) is 0.400. The van der Waals surface area contributed by atoms with E-state index >= 15 is 0 Å². The average Bonchev–Trinajstić information content (AvgIpc) is 2.82. The smallest absolute Gasteiger partial charge is 0.321 e. The highest BCUT2D eigenvalue weighted by Crippen LogP contribution is 2.35. The van der Waals surface area contributed by atoms with E-state index in [1.807, 2.05) is 29.2 Å². The molecule has 0 unspecified atom stereocenters. The zero-order valence-electron chi connectivity index (χ0n) is 19.9. The van der Waals surface area contributed by atoms with Gasteiger partial charge in [-0.3, -0.25) is 0 Å². The number of rotatable bonds is 4. The van der Waals surface area contributed by atoms with Crippen molar-refractivity contribution in [2.75, 3.05) is 50.6 Å². The van der Waals surface area contributed by atoms with E-state index in [0.717, 1.165) is 22.4 Å². The van der Waals surface area contributed by atoms with Gasteiger partial charge in [-0.15, -0.1) is 0 Å². The van der Waals surface area contributed by atoms with Crippen molar-refractivity contribution in [3.05, 3.63) is 48.3 Å². The van der Waals surface area contributed by atoms with Crippen LogP contribution in [0.4, 0.5) is 16.3 Å². The topological polar surface area (TPSA) is 79.8 Å². The van der Waals surface area contributed by atoms with Gasteiger partial charge in [-0.05, 0) is 29.2 Å². The van der Waals surface area contributed by atoms with Crippen molar-refractivity contribution in [2.24, 2.45) is 0 Å². The van der Waals surface area contributed by atoms with Gasteiger partial charge in [-0.2, -0.15) is 0 Å². The minimum atomic E-state index is -0.0860. The van der Waals surface area contributed by atoms with Crippen LogP contribution in [-0.2, 0) is 5.41 Å². The maximum Gasteiger partial charge on any atom is 0.321 e. The van der Waals surface area contributed by atoms with E-state index in [0.29, 0.717) is 37.7 Å². The molecule has 4 rings (SSSR count). The molecule has 1 fully saturated rings. The fourth-order valence-corrected chi connectivity index (χ4v) is 4.00. The molecule has 2 amide bonds. The summed E-state index contributed by atoms with van der Waals surface area (Å²) < 4.78 is 10.8. The Kier molecular flexibility index (Phi) is 6.26. The molecule has 174 valence electrons. The van der Waals surface area contributed by atoms with Crippen LogP contribution in [-0.4, -0.2) is 61.3 Å². The summed E-state index contributed by atoms with van der Waals surface area (Å²) in [7, 11) is 3.22. The molecule has 8 heteroatoms. The van der Waals surface area contributed by atoms with Gasteiger partial charge >= 0.3 is 6.03 Å². The van der Waals surface area contributed by atoms with E-state index in [9.17, 15) is 4.79 Å². The molecule has 2 heterocycles. The molecule has 1 N–H and O–H groups in total. The SMILES string of the molecule is COc1cc2ncnc(N3CCN(C(=O)Nc4ccc(C(C)(C)C)cc4)CC3)c2cc1OC. The molecule has 0 radical (unpaired) electrons. The lowest BCUT2D eigenvalue weighted by molar-refractivity contribution is 0.208. The van der Waals surface area contributed by atoms with Crippen molar-refractivity contribution < 1.29 is 14.3 Å². The molecular formula is C25H31N5O3. The Balaban J connectivity index is 1.43. The van der Waals surface area contributed by atoms with Gasteiger partial charge in [-0.25, -0.2) is 14.8 Å². The summed E-state index contributed by atoms with van der Waals surface area (Å²) in [6.45, 7) is 9.08. The van der Waals surface area contributed by atoms with Crippen LogP contribution in [0.25, 0.3) is 10.9 Å². The van der Waals surface area contributed by atoms with Crippen LogP contribution in [0.5, 0.6) is 11.5 Å². The lowest BCUT2D eigenvalue weighted by atomic mass is 9.87. The predicted molar refractivity (Wildman–Crippen MR) is 131 cm³/mol. The van der Waals surface area contributed by atoms with Crippen molar-refractivity contribution in [1.82, 2.24) is 14.9 Å². The summed E-state index contributed by atoms with van der Waals surface area (Å²) in [5.74, 6) is 2.10. The minimum absolute atomic E-state index is 0.0825. The predicted octanol–water partition coefficient (Wildman–Crippen LogP) is 4.30.